The SMILES string of the molecule is CCCN(CCC)[P+](N)(N(CCC)CCC)N(CCC)CCC. The van der Waals surface area contributed by atoms with Crippen LogP contribution in [-0.2, 0) is 0 Å². The van der Waals surface area contributed by atoms with Crippen molar-refractivity contribution in [3.63, 3.8) is 0 Å². The minimum atomic E-state index is -1.90. The number of nitrogens with two attached hydrogens (primary N) is 1. The van der Waals surface area contributed by atoms with Gasteiger partial charge in [-0.25, -0.2) is 0 Å². The molecule has 0 fully saturated rings. The average Bonchev–Trinajstić information content (AvgIpc) is 2.53. The Kier molecular flexibility index (Phi) is 13.7. The second-order valence-corrected chi connectivity index (χ2v) is 9.40. The Labute approximate surface area is 147 Å². The molecule has 0 amide bonds. The van der Waals surface area contributed by atoms with E-state index in [-0.39, 0.29) is 0 Å². The first-order valence-electron chi connectivity index (χ1n) is 10.00. The molecule has 0 bridgehead atoms. The van der Waals surface area contributed by atoms with Gasteiger partial charge >= 0.3 is 7.87 Å². The lowest BCUT2D eigenvalue weighted by Gasteiger charge is -2.44. The fraction of sp³-hybridized carbons (Fsp3) is 1.00. The van der Waals surface area contributed by atoms with Gasteiger partial charge in [0.2, 0.25) is 0 Å². The highest BCUT2D eigenvalue weighted by Crippen LogP contribution is 2.61. The van der Waals surface area contributed by atoms with Crippen LogP contribution in [0.1, 0.15) is 80.1 Å². The summed E-state index contributed by atoms with van der Waals surface area (Å²) in [6.45, 7) is 20.4. The third-order valence-electron chi connectivity index (χ3n) is 4.14. The summed E-state index contributed by atoms with van der Waals surface area (Å²) in [6, 6.07) is 0. The molecule has 0 aliphatic heterocycles. The van der Waals surface area contributed by atoms with E-state index in [4.69, 9.17) is 5.50 Å². The molecular formula is C18H44N4P+. The van der Waals surface area contributed by atoms with E-state index in [0.29, 0.717) is 0 Å². The van der Waals surface area contributed by atoms with Crippen molar-refractivity contribution in [2.24, 2.45) is 5.50 Å². The van der Waals surface area contributed by atoms with Crippen molar-refractivity contribution in [2.75, 3.05) is 39.3 Å². The summed E-state index contributed by atoms with van der Waals surface area (Å²) in [5.74, 6) is 0. The quantitative estimate of drug-likeness (QED) is 0.423. The lowest BCUT2D eigenvalue weighted by atomic mass is 10.4. The van der Waals surface area contributed by atoms with E-state index in [9.17, 15) is 0 Å². The Morgan fingerprint density at radius 2 is 0.652 bits per heavy atom. The van der Waals surface area contributed by atoms with Gasteiger partial charge in [-0.05, 0) is 38.5 Å². The van der Waals surface area contributed by atoms with Crippen molar-refractivity contribution in [2.45, 2.75) is 80.1 Å². The van der Waals surface area contributed by atoms with Crippen LogP contribution in [0.25, 0.3) is 0 Å². The second-order valence-electron chi connectivity index (χ2n) is 6.48. The van der Waals surface area contributed by atoms with Gasteiger partial charge in [-0.15, -0.1) is 14.0 Å². The van der Waals surface area contributed by atoms with Crippen LogP contribution in [-0.4, -0.2) is 53.3 Å². The zero-order valence-electron chi connectivity index (χ0n) is 16.9. The topological polar surface area (TPSA) is 35.7 Å². The number of hydrogen-bond acceptors (Lipinski definition) is 4. The minimum absolute atomic E-state index is 1.12. The first kappa shape index (κ1) is 23.3. The van der Waals surface area contributed by atoms with Crippen molar-refractivity contribution < 1.29 is 0 Å². The van der Waals surface area contributed by atoms with Crippen LogP contribution in [0.4, 0.5) is 0 Å². The van der Waals surface area contributed by atoms with Gasteiger partial charge < -0.3 is 0 Å². The summed E-state index contributed by atoms with van der Waals surface area (Å²) in [7, 11) is -1.90. The fourth-order valence-corrected chi connectivity index (χ4v) is 7.34. The third-order valence-corrected chi connectivity index (χ3v) is 7.84. The molecule has 0 aliphatic carbocycles. The summed E-state index contributed by atoms with van der Waals surface area (Å²) < 4.78 is 7.93. The highest BCUT2D eigenvalue weighted by molar-refractivity contribution is 7.66. The van der Waals surface area contributed by atoms with E-state index < -0.39 is 7.87 Å². The zero-order chi connectivity index (χ0) is 17.7. The van der Waals surface area contributed by atoms with Gasteiger partial charge in [0.25, 0.3) is 0 Å². The largest absolute Gasteiger partial charge is 0.303 e. The van der Waals surface area contributed by atoms with Gasteiger partial charge in [-0.1, -0.05) is 41.5 Å². The molecule has 0 aromatic carbocycles. The van der Waals surface area contributed by atoms with E-state index in [1.165, 1.54) is 38.5 Å². The molecule has 0 rings (SSSR count). The van der Waals surface area contributed by atoms with Crippen molar-refractivity contribution >= 4 is 7.87 Å². The van der Waals surface area contributed by atoms with Crippen LogP contribution in [0.5, 0.6) is 0 Å². The van der Waals surface area contributed by atoms with E-state index in [1.54, 1.807) is 0 Å². The van der Waals surface area contributed by atoms with Crippen molar-refractivity contribution in [1.82, 2.24) is 14.0 Å². The number of nitrogens with zero attached hydrogens (tertiary/aromatic N) is 3. The summed E-state index contributed by atoms with van der Waals surface area (Å²) in [5, 5.41) is 0. The zero-order valence-corrected chi connectivity index (χ0v) is 17.7. The Morgan fingerprint density at radius 3 is 0.783 bits per heavy atom. The van der Waals surface area contributed by atoms with E-state index in [0.717, 1.165) is 39.3 Å². The lowest BCUT2D eigenvalue weighted by Crippen LogP contribution is -2.50. The summed E-state index contributed by atoms with van der Waals surface area (Å²) in [5.41, 5.74) is 7.34. The first-order chi connectivity index (χ1) is 11.1. The Hall–Kier alpha value is 0.270. The first-order valence-corrected chi connectivity index (χ1v) is 11.7. The van der Waals surface area contributed by atoms with Gasteiger partial charge in [0, 0.05) is 39.3 Å². The number of hydrogen-bond donors (Lipinski definition) is 1. The fourth-order valence-electron chi connectivity index (χ4n) is 3.30. The van der Waals surface area contributed by atoms with E-state index in [2.05, 4.69) is 55.6 Å². The van der Waals surface area contributed by atoms with Gasteiger partial charge in [0.05, 0.1) is 0 Å². The Balaban J connectivity index is 5.73. The summed E-state index contributed by atoms with van der Waals surface area (Å²) >= 11 is 0. The molecule has 0 saturated heterocycles. The maximum absolute atomic E-state index is 7.34. The molecule has 0 aromatic heterocycles. The van der Waals surface area contributed by atoms with Crippen LogP contribution in [0.2, 0.25) is 0 Å². The average molecular weight is 348 g/mol. The standard InChI is InChI=1S/C18H44N4P/c1-7-13-20(14-8-2)23(19,21(15-9-3)16-10-4)22(17-11-5)18-12-6/h7-19H2,1-6H3/q+1. The predicted molar refractivity (Wildman–Crippen MR) is 108 cm³/mol. The van der Waals surface area contributed by atoms with Crippen LogP contribution in [0.15, 0.2) is 0 Å². The molecule has 0 radical (unpaired) electrons. The van der Waals surface area contributed by atoms with Crippen molar-refractivity contribution in [1.29, 1.82) is 0 Å². The van der Waals surface area contributed by atoms with Crippen molar-refractivity contribution in [3.05, 3.63) is 0 Å². The van der Waals surface area contributed by atoms with Crippen LogP contribution >= 0.6 is 7.87 Å². The molecule has 0 heterocycles. The van der Waals surface area contributed by atoms with Gasteiger partial charge in [-0.2, -0.15) is 5.50 Å². The minimum Gasteiger partial charge on any atom is -0.158 e. The van der Waals surface area contributed by atoms with E-state index >= 15 is 0 Å². The maximum atomic E-state index is 7.34. The van der Waals surface area contributed by atoms with Crippen LogP contribution in [0.3, 0.4) is 0 Å². The predicted octanol–water partition coefficient (Wildman–Crippen LogP) is 4.99. The lowest BCUT2D eigenvalue weighted by molar-refractivity contribution is 0.293. The molecule has 0 atom stereocenters. The molecular weight excluding hydrogens is 303 g/mol. The maximum Gasteiger partial charge on any atom is 0.303 e. The summed E-state index contributed by atoms with van der Waals surface area (Å²) in [4.78, 5) is 0. The molecule has 0 unspecified atom stereocenters. The van der Waals surface area contributed by atoms with Gasteiger partial charge in [-0.3, -0.25) is 0 Å². The van der Waals surface area contributed by atoms with Crippen molar-refractivity contribution in [3.8, 4) is 0 Å². The Morgan fingerprint density at radius 1 is 0.478 bits per heavy atom. The smallest absolute Gasteiger partial charge is 0.158 e. The molecule has 140 valence electrons. The second kappa shape index (κ2) is 13.5. The van der Waals surface area contributed by atoms with E-state index in [1.807, 2.05) is 0 Å². The normalized spacial score (nSPS) is 12.8. The highest BCUT2D eigenvalue weighted by Gasteiger charge is 2.52. The molecule has 4 nitrogen and oxygen atoms in total. The highest BCUT2D eigenvalue weighted by atomic mass is 31.2. The molecule has 0 aliphatic rings. The molecule has 2 N–H and O–H groups in total. The van der Waals surface area contributed by atoms with Gasteiger partial charge in [0.1, 0.15) is 0 Å². The monoisotopic (exact) mass is 347 g/mol. The van der Waals surface area contributed by atoms with Crippen LogP contribution < -0.4 is 5.50 Å². The number of rotatable bonds is 15. The molecule has 23 heavy (non-hydrogen) atoms. The molecule has 0 saturated carbocycles. The van der Waals surface area contributed by atoms with Crippen LogP contribution in [0, 0.1) is 0 Å². The third kappa shape index (κ3) is 6.96. The molecule has 0 aromatic rings. The molecule has 0 spiro atoms. The Bertz CT molecular complexity index is 217. The summed E-state index contributed by atoms with van der Waals surface area (Å²) in [6.07, 6.45) is 7.07. The molecule has 5 heteroatoms. The van der Waals surface area contributed by atoms with Gasteiger partial charge in [0.15, 0.2) is 0 Å².